The number of nitrogens with zero attached hydrogens (tertiary/aromatic N) is 2. The van der Waals surface area contributed by atoms with Crippen LogP contribution >= 0.6 is 11.6 Å². The van der Waals surface area contributed by atoms with Crippen LogP contribution in [0.25, 0.3) is 0 Å². The first-order chi connectivity index (χ1) is 16.6. The Morgan fingerprint density at radius 1 is 0.971 bits per heavy atom. The average molecular weight is 478 g/mol. The molecular formula is C28H32ClN3O2. The summed E-state index contributed by atoms with van der Waals surface area (Å²) in [6.45, 7) is 6.59. The van der Waals surface area contributed by atoms with Gasteiger partial charge in [0.1, 0.15) is 0 Å². The molecule has 4 rings (SSSR count). The number of ether oxygens (including phenoxy) is 1. The van der Waals surface area contributed by atoms with E-state index in [4.69, 9.17) is 16.3 Å². The quantitative estimate of drug-likeness (QED) is 0.400. The molecule has 1 fully saturated rings. The van der Waals surface area contributed by atoms with Gasteiger partial charge in [0.15, 0.2) is 0 Å². The number of nitrogens with one attached hydrogen (secondary N) is 1. The zero-order valence-electron chi connectivity index (χ0n) is 19.6. The summed E-state index contributed by atoms with van der Waals surface area (Å²) >= 11 is 5.87. The highest BCUT2D eigenvalue weighted by molar-refractivity contribution is 6.30. The highest BCUT2D eigenvalue weighted by atomic mass is 35.5. The first-order valence-corrected chi connectivity index (χ1v) is 12.3. The molecule has 178 valence electrons. The van der Waals surface area contributed by atoms with Crippen molar-refractivity contribution in [2.24, 2.45) is 0 Å². The largest absolute Gasteiger partial charge is 0.449 e. The van der Waals surface area contributed by atoms with E-state index < -0.39 is 6.09 Å². The number of piperazine rings is 1. The number of rotatable bonds is 8. The first-order valence-electron chi connectivity index (χ1n) is 11.9. The van der Waals surface area contributed by atoms with E-state index in [-0.39, 0.29) is 6.04 Å². The summed E-state index contributed by atoms with van der Waals surface area (Å²) in [7, 11) is 0. The van der Waals surface area contributed by atoms with Crippen molar-refractivity contribution in [2.45, 2.75) is 25.4 Å². The average Bonchev–Trinajstić information content (AvgIpc) is 2.86. The third-order valence-corrected chi connectivity index (χ3v) is 6.52. The minimum Gasteiger partial charge on any atom is -0.449 e. The fraction of sp³-hybridized carbons (Fsp3) is 0.321. The number of anilines is 1. The van der Waals surface area contributed by atoms with Gasteiger partial charge in [-0.15, -0.1) is 0 Å². The fourth-order valence-electron chi connectivity index (χ4n) is 4.62. The number of carbonyl (C=O) groups is 1. The van der Waals surface area contributed by atoms with E-state index in [1.165, 1.54) is 11.1 Å². The Kier molecular flexibility index (Phi) is 8.58. The van der Waals surface area contributed by atoms with Crippen LogP contribution in [0.1, 0.15) is 30.5 Å². The van der Waals surface area contributed by atoms with Crippen LogP contribution < -0.4 is 5.32 Å². The van der Waals surface area contributed by atoms with Gasteiger partial charge in [0.05, 0.1) is 12.6 Å². The maximum Gasteiger partial charge on any atom is 0.411 e. The van der Waals surface area contributed by atoms with Crippen LogP contribution in [-0.2, 0) is 4.74 Å². The highest BCUT2D eigenvalue weighted by Gasteiger charge is 2.31. The van der Waals surface area contributed by atoms with Crippen molar-refractivity contribution in [3.8, 4) is 0 Å². The third-order valence-electron chi connectivity index (χ3n) is 6.27. The predicted molar refractivity (Wildman–Crippen MR) is 138 cm³/mol. The molecule has 0 aliphatic carbocycles. The minimum absolute atomic E-state index is 0.249. The molecule has 1 aliphatic rings. The molecule has 0 saturated carbocycles. The number of carbonyl (C=O) groups excluding carboxylic acids is 1. The van der Waals surface area contributed by atoms with Crippen LogP contribution in [0.5, 0.6) is 0 Å². The van der Waals surface area contributed by atoms with E-state index >= 15 is 0 Å². The molecule has 1 aliphatic heterocycles. The van der Waals surface area contributed by atoms with E-state index in [2.05, 4.69) is 82.7 Å². The van der Waals surface area contributed by atoms with Crippen molar-refractivity contribution in [1.29, 1.82) is 0 Å². The van der Waals surface area contributed by atoms with E-state index in [1.54, 1.807) is 24.3 Å². The van der Waals surface area contributed by atoms with Crippen LogP contribution in [0.15, 0.2) is 84.9 Å². The van der Waals surface area contributed by atoms with Crippen molar-refractivity contribution in [3.05, 3.63) is 101 Å². The van der Waals surface area contributed by atoms with Gasteiger partial charge in [-0.25, -0.2) is 4.79 Å². The van der Waals surface area contributed by atoms with Crippen LogP contribution in [0.4, 0.5) is 10.5 Å². The lowest BCUT2D eigenvalue weighted by atomic mass is 9.95. The van der Waals surface area contributed by atoms with E-state index in [1.807, 2.05) is 0 Å². The van der Waals surface area contributed by atoms with Crippen LogP contribution in [0, 0.1) is 0 Å². The fourth-order valence-corrected chi connectivity index (χ4v) is 4.75. The van der Waals surface area contributed by atoms with Gasteiger partial charge < -0.3 is 9.64 Å². The van der Waals surface area contributed by atoms with Crippen LogP contribution in [0.2, 0.25) is 5.02 Å². The maximum absolute atomic E-state index is 12.0. The Balaban J connectivity index is 1.26. The second-order valence-electron chi connectivity index (χ2n) is 8.73. The predicted octanol–water partition coefficient (Wildman–Crippen LogP) is 6.07. The summed E-state index contributed by atoms with van der Waals surface area (Å²) in [5.74, 6) is 0. The molecule has 1 saturated heterocycles. The summed E-state index contributed by atoms with van der Waals surface area (Å²) in [4.78, 5) is 17.1. The molecule has 3 aromatic carbocycles. The second kappa shape index (κ2) is 12.0. The molecule has 34 heavy (non-hydrogen) atoms. The minimum atomic E-state index is -0.436. The van der Waals surface area contributed by atoms with Gasteiger partial charge in [0, 0.05) is 42.9 Å². The van der Waals surface area contributed by atoms with Gasteiger partial charge in [-0.3, -0.25) is 10.2 Å². The molecule has 0 aromatic heterocycles. The van der Waals surface area contributed by atoms with Crippen molar-refractivity contribution < 1.29 is 9.53 Å². The molecule has 1 amide bonds. The van der Waals surface area contributed by atoms with Gasteiger partial charge in [-0.1, -0.05) is 72.3 Å². The molecule has 1 unspecified atom stereocenters. The van der Waals surface area contributed by atoms with Crippen LogP contribution in [0.3, 0.4) is 0 Å². The van der Waals surface area contributed by atoms with Gasteiger partial charge >= 0.3 is 6.09 Å². The normalized spacial score (nSPS) is 17.0. The van der Waals surface area contributed by atoms with E-state index in [0.29, 0.717) is 23.4 Å². The Morgan fingerprint density at radius 2 is 1.59 bits per heavy atom. The van der Waals surface area contributed by atoms with Gasteiger partial charge in [0.25, 0.3) is 0 Å². The zero-order valence-corrected chi connectivity index (χ0v) is 20.3. The molecule has 0 bridgehead atoms. The Hall–Kier alpha value is -2.86. The Labute approximate surface area is 207 Å². The van der Waals surface area contributed by atoms with Crippen molar-refractivity contribution >= 4 is 23.4 Å². The Bertz CT molecular complexity index is 991. The summed E-state index contributed by atoms with van der Waals surface area (Å²) in [5.41, 5.74) is 3.33. The van der Waals surface area contributed by atoms with E-state index in [0.717, 1.165) is 32.6 Å². The standard InChI is InChI=1S/C28H32ClN3O2/c1-22-21-31(17-8-20-34-28(33)30-26-15-13-25(29)14-16-26)18-19-32(22)27(23-9-4-2-5-10-23)24-11-6-3-7-12-24/h2-7,9-16,22,27H,8,17-21H2,1H3,(H,30,33). The molecule has 3 aromatic rings. The maximum atomic E-state index is 12.0. The Morgan fingerprint density at radius 3 is 2.18 bits per heavy atom. The number of halogens is 1. The monoisotopic (exact) mass is 477 g/mol. The van der Waals surface area contributed by atoms with Crippen molar-refractivity contribution in [1.82, 2.24) is 9.80 Å². The molecule has 6 heteroatoms. The lowest BCUT2D eigenvalue weighted by Crippen LogP contribution is -2.53. The SMILES string of the molecule is CC1CN(CCCOC(=O)Nc2ccc(Cl)cc2)CCN1C(c1ccccc1)c1ccccc1. The summed E-state index contributed by atoms with van der Waals surface area (Å²) < 4.78 is 5.35. The number of hydrogen-bond donors (Lipinski definition) is 1. The number of hydrogen-bond acceptors (Lipinski definition) is 4. The molecule has 0 spiro atoms. The number of benzene rings is 3. The summed E-state index contributed by atoms with van der Waals surface area (Å²) in [5, 5.41) is 3.36. The molecule has 1 atom stereocenters. The third kappa shape index (κ3) is 6.60. The number of amides is 1. The lowest BCUT2D eigenvalue weighted by Gasteiger charge is -2.44. The van der Waals surface area contributed by atoms with Crippen molar-refractivity contribution in [3.63, 3.8) is 0 Å². The van der Waals surface area contributed by atoms with Gasteiger partial charge in [-0.05, 0) is 48.7 Å². The van der Waals surface area contributed by atoms with E-state index in [9.17, 15) is 4.79 Å². The first kappa shape index (κ1) is 24.3. The van der Waals surface area contributed by atoms with Crippen molar-refractivity contribution in [2.75, 3.05) is 38.1 Å². The molecule has 1 N–H and O–H groups in total. The highest BCUT2D eigenvalue weighted by Crippen LogP contribution is 2.31. The van der Waals surface area contributed by atoms with Gasteiger partial charge in [-0.2, -0.15) is 0 Å². The van der Waals surface area contributed by atoms with Crippen LogP contribution in [-0.4, -0.2) is 54.7 Å². The summed E-state index contributed by atoms with van der Waals surface area (Å²) in [6, 6.07) is 29.2. The zero-order chi connectivity index (χ0) is 23.8. The lowest BCUT2D eigenvalue weighted by molar-refractivity contribution is 0.0566. The van der Waals surface area contributed by atoms with Gasteiger partial charge in [0.2, 0.25) is 0 Å². The molecule has 0 radical (unpaired) electrons. The topological polar surface area (TPSA) is 44.8 Å². The molecular weight excluding hydrogens is 446 g/mol. The molecule has 1 heterocycles. The smallest absolute Gasteiger partial charge is 0.411 e. The summed E-state index contributed by atoms with van der Waals surface area (Å²) in [6.07, 6.45) is 0.371. The second-order valence-corrected chi connectivity index (χ2v) is 9.17. The molecule has 5 nitrogen and oxygen atoms in total.